The van der Waals surface area contributed by atoms with Gasteiger partial charge in [0.15, 0.2) is 5.82 Å². The van der Waals surface area contributed by atoms with Gasteiger partial charge >= 0.3 is 0 Å². The Hall–Kier alpha value is -1.74. The van der Waals surface area contributed by atoms with E-state index in [9.17, 15) is 0 Å². The quantitative estimate of drug-likeness (QED) is 0.851. The second kappa shape index (κ2) is 4.26. The molecule has 2 N–H and O–H groups in total. The van der Waals surface area contributed by atoms with Crippen LogP contribution in [0.4, 0.5) is 0 Å². The van der Waals surface area contributed by atoms with Crippen LogP contribution in [0.1, 0.15) is 23.2 Å². The molecular formula is C14H15N3. The van der Waals surface area contributed by atoms with Crippen molar-refractivity contribution < 1.29 is 0 Å². The van der Waals surface area contributed by atoms with Crippen LogP contribution in [-0.2, 0) is 19.4 Å². The number of rotatable bonds is 2. The molecule has 1 heterocycles. The third kappa shape index (κ3) is 1.94. The molecule has 0 radical (unpaired) electrons. The molecule has 86 valence electrons. The summed E-state index contributed by atoms with van der Waals surface area (Å²) in [6, 6.07) is 8.15. The van der Waals surface area contributed by atoms with Crippen LogP contribution in [0.25, 0.3) is 11.4 Å². The normalized spacial score (nSPS) is 13.7. The average Bonchev–Trinajstić information content (AvgIpc) is 2.86. The van der Waals surface area contributed by atoms with Crippen LogP contribution in [-0.4, -0.2) is 9.97 Å². The van der Waals surface area contributed by atoms with E-state index in [4.69, 9.17) is 5.73 Å². The summed E-state index contributed by atoms with van der Waals surface area (Å²) in [6.07, 6.45) is 5.40. The molecule has 3 heteroatoms. The number of nitrogens with two attached hydrogens (primary N) is 1. The van der Waals surface area contributed by atoms with E-state index < -0.39 is 0 Å². The molecule has 3 rings (SSSR count). The number of hydrogen-bond acceptors (Lipinski definition) is 3. The van der Waals surface area contributed by atoms with Gasteiger partial charge in [0.05, 0.1) is 0 Å². The second-order valence-electron chi connectivity index (χ2n) is 4.42. The molecule has 2 aromatic rings. The lowest BCUT2D eigenvalue weighted by atomic mass is 10.1. The van der Waals surface area contributed by atoms with E-state index >= 15 is 0 Å². The molecule has 0 fully saturated rings. The van der Waals surface area contributed by atoms with Gasteiger partial charge in [-0.25, -0.2) is 9.97 Å². The minimum atomic E-state index is 0.575. The first-order valence-corrected chi connectivity index (χ1v) is 6.01. The third-order valence-electron chi connectivity index (χ3n) is 3.26. The van der Waals surface area contributed by atoms with Gasteiger partial charge in [-0.1, -0.05) is 24.3 Å². The van der Waals surface area contributed by atoms with Crippen molar-refractivity contribution in [2.24, 2.45) is 5.73 Å². The van der Waals surface area contributed by atoms with Crippen molar-refractivity contribution in [3.63, 3.8) is 0 Å². The van der Waals surface area contributed by atoms with Gasteiger partial charge in [-0.05, 0) is 30.4 Å². The minimum absolute atomic E-state index is 0.575. The largest absolute Gasteiger partial charge is 0.326 e. The van der Waals surface area contributed by atoms with E-state index in [0.717, 1.165) is 29.8 Å². The first-order chi connectivity index (χ1) is 8.36. The SMILES string of the molecule is NCc1ccc(-c2ncc3c(n2)CCC3)cc1. The van der Waals surface area contributed by atoms with E-state index in [2.05, 4.69) is 9.97 Å². The van der Waals surface area contributed by atoms with Gasteiger partial charge in [0.2, 0.25) is 0 Å². The highest BCUT2D eigenvalue weighted by atomic mass is 14.9. The Labute approximate surface area is 101 Å². The molecule has 0 atom stereocenters. The summed E-state index contributed by atoms with van der Waals surface area (Å²) in [5.74, 6) is 0.828. The molecule has 0 unspecified atom stereocenters. The van der Waals surface area contributed by atoms with E-state index in [-0.39, 0.29) is 0 Å². The lowest BCUT2D eigenvalue weighted by Crippen LogP contribution is -1.97. The maximum Gasteiger partial charge on any atom is 0.159 e. The second-order valence-corrected chi connectivity index (χ2v) is 4.42. The average molecular weight is 225 g/mol. The Morgan fingerprint density at radius 1 is 1.12 bits per heavy atom. The fourth-order valence-corrected chi connectivity index (χ4v) is 2.24. The van der Waals surface area contributed by atoms with Gasteiger partial charge in [-0.15, -0.1) is 0 Å². The Morgan fingerprint density at radius 3 is 2.71 bits per heavy atom. The number of hydrogen-bond donors (Lipinski definition) is 1. The van der Waals surface area contributed by atoms with Crippen LogP contribution < -0.4 is 5.73 Å². The summed E-state index contributed by atoms with van der Waals surface area (Å²) >= 11 is 0. The summed E-state index contributed by atoms with van der Waals surface area (Å²) in [5, 5.41) is 0. The lowest BCUT2D eigenvalue weighted by molar-refractivity contribution is 0.900. The molecule has 1 aliphatic carbocycles. The zero-order valence-electron chi connectivity index (χ0n) is 9.69. The molecule has 0 amide bonds. The Kier molecular flexibility index (Phi) is 2.61. The summed E-state index contributed by atoms with van der Waals surface area (Å²) in [7, 11) is 0. The van der Waals surface area contributed by atoms with Crippen molar-refractivity contribution in [1.82, 2.24) is 9.97 Å². The molecule has 0 aliphatic heterocycles. The molecule has 0 saturated carbocycles. The molecular weight excluding hydrogens is 210 g/mol. The van der Waals surface area contributed by atoms with E-state index in [0.29, 0.717) is 6.54 Å². The topological polar surface area (TPSA) is 51.8 Å². The van der Waals surface area contributed by atoms with E-state index in [1.807, 2.05) is 30.5 Å². The first kappa shape index (κ1) is 10.4. The Balaban J connectivity index is 1.97. The molecule has 0 spiro atoms. The highest BCUT2D eigenvalue weighted by molar-refractivity contribution is 5.55. The molecule has 0 saturated heterocycles. The summed E-state index contributed by atoms with van der Waals surface area (Å²) in [4.78, 5) is 9.07. The third-order valence-corrected chi connectivity index (χ3v) is 3.26. The van der Waals surface area contributed by atoms with Crippen molar-refractivity contribution >= 4 is 0 Å². The zero-order valence-corrected chi connectivity index (χ0v) is 9.69. The Morgan fingerprint density at radius 2 is 1.94 bits per heavy atom. The smallest absolute Gasteiger partial charge is 0.159 e. The fraction of sp³-hybridized carbons (Fsp3) is 0.286. The van der Waals surface area contributed by atoms with Crippen molar-refractivity contribution in [1.29, 1.82) is 0 Å². The van der Waals surface area contributed by atoms with Gasteiger partial charge in [0.25, 0.3) is 0 Å². The number of aromatic nitrogens is 2. The van der Waals surface area contributed by atoms with Crippen molar-refractivity contribution in [2.75, 3.05) is 0 Å². The van der Waals surface area contributed by atoms with Gasteiger partial charge in [-0.2, -0.15) is 0 Å². The van der Waals surface area contributed by atoms with Crippen LogP contribution in [0, 0.1) is 0 Å². The van der Waals surface area contributed by atoms with Crippen LogP contribution in [0.5, 0.6) is 0 Å². The van der Waals surface area contributed by atoms with Crippen LogP contribution in [0.3, 0.4) is 0 Å². The summed E-state index contributed by atoms with van der Waals surface area (Å²) < 4.78 is 0. The van der Waals surface area contributed by atoms with Gasteiger partial charge in [-0.3, -0.25) is 0 Å². The zero-order chi connectivity index (χ0) is 11.7. The predicted octanol–water partition coefficient (Wildman–Crippen LogP) is 2.09. The van der Waals surface area contributed by atoms with E-state index in [1.54, 1.807) is 0 Å². The highest BCUT2D eigenvalue weighted by Crippen LogP contribution is 2.22. The molecule has 1 aromatic heterocycles. The maximum absolute atomic E-state index is 5.58. The number of benzene rings is 1. The van der Waals surface area contributed by atoms with Gasteiger partial charge < -0.3 is 5.73 Å². The van der Waals surface area contributed by atoms with Crippen LogP contribution in [0.15, 0.2) is 30.5 Å². The predicted molar refractivity (Wildman–Crippen MR) is 67.4 cm³/mol. The highest BCUT2D eigenvalue weighted by Gasteiger charge is 2.13. The van der Waals surface area contributed by atoms with Crippen molar-refractivity contribution in [2.45, 2.75) is 25.8 Å². The standard InChI is InChI=1S/C14H15N3/c15-8-10-4-6-11(7-5-10)14-16-9-12-2-1-3-13(12)17-14/h4-7,9H,1-3,8,15H2. The minimum Gasteiger partial charge on any atom is -0.326 e. The molecule has 0 bridgehead atoms. The molecule has 1 aromatic carbocycles. The van der Waals surface area contributed by atoms with Crippen molar-refractivity contribution in [3.8, 4) is 11.4 Å². The van der Waals surface area contributed by atoms with Crippen LogP contribution in [0.2, 0.25) is 0 Å². The molecule has 3 nitrogen and oxygen atoms in total. The maximum atomic E-state index is 5.58. The summed E-state index contributed by atoms with van der Waals surface area (Å²) in [5.41, 5.74) is 10.3. The number of nitrogens with zero attached hydrogens (tertiary/aromatic N) is 2. The fourth-order valence-electron chi connectivity index (χ4n) is 2.24. The van der Waals surface area contributed by atoms with E-state index in [1.165, 1.54) is 17.7 Å². The van der Waals surface area contributed by atoms with Gasteiger partial charge in [0, 0.05) is 24.0 Å². The van der Waals surface area contributed by atoms with Gasteiger partial charge in [0.1, 0.15) is 0 Å². The first-order valence-electron chi connectivity index (χ1n) is 6.01. The number of fused-ring (bicyclic) bond motifs is 1. The Bertz CT molecular complexity index is 532. The molecule has 17 heavy (non-hydrogen) atoms. The van der Waals surface area contributed by atoms with Crippen molar-refractivity contribution in [3.05, 3.63) is 47.3 Å². The monoisotopic (exact) mass is 225 g/mol. The van der Waals surface area contributed by atoms with Crippen LogP contribution >= 0.6 is 0 Å². The molecule has 1 aliphatic rings. The summed E-state index contributed by atoms with van der Waals surface area (Å²) in [6.45, 7) is 0.575. The lowest BCUT2D eigenvalue weighted by Gasteiger charge is -2.04. The number of aryl methyl sites for hydroxylation is 2.